The number of halogens is 6. The number of nitrogens with one attached hydrogen (secondary N) is 1. The van der Waals surface area contributed by atoms with E-state index in [1.165, 1.54) is 24.3 Å². The number of amides is 1. The number of hydrogen-bond acceptors (Lipinski definition) is 4. The van der Waals surface area contributed by atoms with E-state index in [-0.39, 0.29) is 17.5 Å². The van der Waals surface area contributed by atoms with E-state index < -0.39 is 35.7 Å². The zero-order chi connectivity index (χ0) is 28.3. The topological polar surface area (TPSA) is 47.6 Å². The highest BCUT2D eigenvalue weighted by Crippen LogP contribution is 2.39. The Balaban J connectivity index is 1.95. The van der Waals surface area contributed by atoms with Gasteiger partial charge in [-0.05, 0) is 64.9 Å². The molecule has 0 aliphatic heterocycles. The summed E-state index contributed by atoms with van der Waals surface area (Å²) in [5.74, 6) is -1.66. The fraction of sp³-hybridized carbons (Fsp3) is 0.179. The van der Waals surface area contributed by atoms with Crippen LogP contribution in [0.25, 0.3) is 0 Å². The lowest BCUT2D eigenvalue weighted by Gasteiger charge is -2.37. The second-order valence-corrected chi connectivity index (χ2v) is 9.52. The minimum absolute atomic E-state index is 0.0189. The molecule has 3 aromatic carbocycles. The second kappa shape index (κ2) is 11.0. The summed E-state index contributed by atoms with van der Waals surface area (Å²) < 4.78 is 86.7. The highest BCUT2D eigenvalue weighted by atomic mass is 32.1. The van der Waals surface area contributed by atoms with E-state index in [1.807, 2.05) is 0 Å². The van der Waals surface area contributed by atoms with Crippen LogP contribution in [0.3, 0.4) is 0 Å². The van der Waals surface area contributed by atoms with Crippen molar-refractivity contribution in [3.8, 4) is 11.5 Å². The smallest absolute Gasteiger partial charge is 0.406 e. The summed E-state index contributed by atoms with van der Waals surface area (Å²) in [7, 11) is 0. The summed E-state index contributed by atoms with van der Waals surface area (Å²) in [6, 6.07) is 20.4. The summed E-state index contributed by atoms with van der Waals surface area (Å²) in [6.45, 7) is 1.72. The molecule has 0 bridgehead atoms. The van der Waals surface area contributed by atoms with Gasteiger partial charge in [0.25, 0.3) is 5.91 Å². The largest absolute Gasteiger partial charge is 0.573 e. The Hall–Kier alpha value is -3.99. The van der Waals surface area contributed by atoms with E-state index in [0.29, 0.717) is 16.0 Å². The number of aryl methyl sites for hydroxylation is 1. The molecule has 1 N–H and O–H groups in total. The van der Waals surface area contributed by atoms with Crippen molar-refractivity contribution in [2.75, 3.05) is 0 Å². The first-order chi connectivity index (χ1) is 18.3. The number of carbonyl (C=O) groups is 1. The molecule has 1 amide bonds. The Morgan fingerprint density at radius 3 is 1.77 bits per heavy atom. The van der Waals surface area contributed by atoms with Crippen LogP contribution in [0.15, 0.2) is 90.3 Å². The van der Waals surface area contributed by atoms with Crippen molar-refractivity contribution >= 4 is 17.2 Å². The van der Waals surface area contributed by atoms with E-state index in [4.69, 9.17) is 0 Å². The van der Waals surface area contributed by atoms with Crippen LogP contribution in [0.4, 0.5) is 26.3 Å². The van der Waals surface area contributed by atoms with Gasteiger partial charge in [-0.25, -0.2) is 0 Å². The first-order valence-corrected chi connectivity index (χ1v) is 12.4. The summed E-state index contributed by atoms with van der Waals surface area (Å²) in [5.41, 5.74) is -0.0100. The molecule has 11 heteroatoms. The Morgan fingerprint density at radius 1 is 0.769 bits per heavy atom. The molecule has 0 aliphatic carbocycles. The number of alkyl halides is 6. The molecule has 1 heterocycles. The van der Waals surface area contributed by atoms with Crippen molar-refractivity contribution in [1.82, 2.24) is 5.32 Å². The van der Waals surface area contributed by atoms with Gasteiger partial charge < -0.3 is 14.8 Å². The van der Waals surface area contributed by atoms with Crippen LogP contribution in [0, 0.1) is 6.92 Å². The van der Waals surface area contributed by atoms with Gasteiger partial charge in [-0.1, -0.05) is 54.6 Å². The van der Waals surface area contributed by atoms with Crippen LogP contribution in [0.5, 0.6) is 11.5 Å². The van der Waals surface area contributed by atoms with Crippen molar-refractivity contribution < 1.29 is 40.6 Å². The van der Waals surface area contributed by atoms with E-state index in [2.05, 4.69) is 14.8 Å². The molecule has 0 fully saturated rings. The van der Waals surface area contributed by atoms with Gasteiger partial charge in [-0.15, -0.1) is 37.7 Å². The summed E-state index contributed by atoms with van der Waals surface area (Å²) in [5, 5.41) is 4.64. The maximum atomic E-state index is 13.6. The molecular formula is C28H21F6NO3S. The second-order valence-electron chi connectivity index (χ2n) is 8.61. The molecule has 4 rings (SSSR count). The molecule has 0 spiro atoms. The van der Waals surface area contributed by atoms with Gasteiger partial charge >= 0.3 is 12.7 Å². The number of thiophene rings is 1. The average Bonchev–Trinajstić information content (AvgIpc) is 3.28. The van der Waals surface area contributed by atoms with Crippen molar-refractivity contribution in [2.45, 2.75) is 31.6 Å². The van der Waals surface area contributed by atoms with Crippen LogP contribution in [-0.4, -0.2) is 18.6 Å². The predicted molar refractivity (Wildman–Crippen MR) is 134 cm³/mol. The van der Waals surface area contributed by atoms with Crippen molar-refractivity contribution in [2.24, 2.45) is 0 Å². The summed E-state index contributed by atoms with van der Waals surface area (Å²) in [6.07, 6.45) is -9.99. The third kappa shape index (κ3) is 7.11. The van der Waals surface area contributed by atoms with Gasteiger partial charge in [0.15, 0.2) is 0 Å². The molecule has 4 nitrogen and oxygen atoms in total. The highest BCUT2D eigenvalue weighted by Gasteiger charge is 2.39. The lowest BCUT2D eigenvalue weighted by molar-refractivity contribution is -0.275. The fourth-order valence-corrected chi connectivity index (χ4v) is 5.05. The molecule has 0 saturated carbocycles. The number of benzene rings is 3. The number of hydrogen-bond donors (Lipinski definition) is 1. The van der Waals surface area contributed by atoms with Gasteiger partial charge in [-0.3, -0.25) is 4.79 Å². The molecule has 0 aliphatic rings. The van der Waals surface area contributed by atoms with Crippen molar-refractivity contribution in [3.63, 3.8) is 0 Å². The third-order valence-corrected chi connectivity index (χ3v) is 6.84. The fourth-order valence-electron chi connectivity index (χ4n) is 4.23. The zero-order valence-corrected chi connectivity index (χ0v) is 21.1. The highest BCUT2D eigenvalue weighted by molar-refractivity contribution is 7.12. The third-order valence-electron chi connectivity index (χ3n) is 5.83. The molecule has 0 saturated heterocycles. The van der Waals surface area contributed by atoms with Gasteiger partial charge in [0.05, 0.1) is 10.4 Å². The molecule has 39 heavy (non-hydrogen) atoms. The molecule has 0 unspecified atom stereocenters. The molecule has 1 aromatic heterocycles. The van der Waals surface area contributed by atoms with Crippen LogP contribution >= 0.6 is 11.3 Å². The summed E-state index contributed by atoms with van der Waals surface area (Å²) >= 11 is 1.16. The molecule has 0 radical (unpaired) electrons. The maximum Gasteiger partial charge on any atom is 0.573 e. The van der Waals surface area contributed by atoms with Crippen LogP contribution < -0.4 is 14.8 Å². The van der Waals surface area contributed by atoms with Gasteiger partial charge in [0.1, 0.15) is 11.5 Å². The molecule has 204 valence electrons. The van der Waals surface area contributed by atoms with Gasteiger partial charge in [-0.2, -0.15) is 0 Å². The number of carbonyl (C=O) groups excluding carboxylic acids is 1. The zero-order valence-electron chi connectivity index (χ0n) is 20.3. The maximum absolute atomic E-state index is 13.6. The first kappa shape index (κ1) is 28.0. The van der Waals surface area contributed by atoms with Crippen LogP contribution in [-0.2, 0) is 12.0 Å². The minimum Gasteiger partial charge on any atom is -0.406 e. The first-order valence-electron chi connectivity index (χ1n) is 11.5. The Kier molecular flexibility index (Phi) is 7.91. The normalized spacial score (nSPS) is 12.2. The Morgan fingerprint density at radius 2 is 1.31 bits per heavy atom. The lowest BCUT2D eigenvalue weighted by Crippen LogP contribution is -2.48. The number of ether oxygens (including phenoxy) is 2. The summed E-state index contributed by atoms with van der Waals surface area (Å²) in [4.78, 5) is 13.9. The predicted octanol–water partition coefficient (Wildman–Crippen LogP) is 7.77. The quantitative estimate of drug-likeness (QED) is 0.222. The number of rotatable bonds is 8. The molecular weight excluding hydrogens is 544 g/mol. The van der Waals surface area contributed by atoms with E-state index >= 15 is 0 Å². The molecule has 0 atom stereocenters. The lowest BCUT2D eigenvalue weighted by atomic mass is 9.77. The van der Waals surface area contributed by atoms with Crippen molar-refractivity contribution in [3.05, 3.63) is 117 Å². The average molecular weight is 566 g/mol. The van der Waals surface area contributed by atoms with Gasteiger partial charge in [0, 0.05) is 6.42 Å². The van der Waals surface area contributed by atoms with Gasteiger partial charge in [0.2, 0.25) is 0 Å². The monoisotopic (exact) mass is 565 g/mol. The Labute approximate surface area is 223 Å². The Bertz CT molecular complexity index is 1370. The van der Waals surface area contributed by atoms with E-state index in [1.54, 1.807) is 48.7 Å². The van der Waals surface area contributed by atoms with E-state index in [9.17, 15) is 31.1 Å². The van der Waals surface area contributed by atoms with Crippen LogP contribution in [0.1, 0.15) is 31.9 Å². The van der Waals surface area contributed by atoms with Crippen LogP contribution in [0.2, 0.25) is 0 Å². The molecule has 4 aromatic rings. The van der Waals surface area contributed by atoms with Crippen molar-refractivity contribution in [1.29, 1.82) is 0 Å². The standard InChI is InChI=1S/C28H21F6NO3S/c1-18-13-14-39-24(18)25(36)35-26(17-19-7-3-2-4-8-19,20-9-5-11-22(15-20)37-27(29,30)31)21-10-6-12-23(16-21)38-28(32,33)34/h2-16H,17H2,1H3,(H,35,36). The SMILES string of the molecule is Cc1ccsc1C(=O)NC(Cc1ccccc1)(c1cccc(OC(F)(F)F)c1)c1cccc(OC(F)(F)F)c1. The minimum atomic E-state index is -4.99. The van der Waals surface area contributed by atoms with E-state index in [0.717, 1.165) is 35.6 Å².